The first kappa shape index (κ1) is 10.7. The van der Waals surface area contributed by atoms with Crippen LogP contribution < -0.4 is 30.1 Å². The van der Waals surface area contributed by atoms with Crippen molar-refractivity contribution in [2.75, 3.05) is 6.67 Å². The van der Waals surface area contributed by atoms with Crippen LogP contribution in [0.5, 0.6) is 0 Å². The Bertz CT molecular complexity index is 74.1. The molecule has 1 aliphatic rings. The van der Waals surface area contributed by atoms with E-state index < -0.39 is 0 Å². The third-order valence-corrected chi connectivity index (χ3v) is 1.01. The molecule has 0 unspecified atom stereocenters. The van der Waals surface area contributed by atoms with Crippen molar-refractivity contribution < 1.29 is 45.2 Å². The van der Waals surface area contributed by atoms with E-state index in [4.69, 9.17) is 0 Å². The quantitative estimate of drug-likeness (QED) is 0.363. The van der Waals surface area contributed by atoms with Gasteiger partial charge >= 0.3 is 41.6 Å². The SMILES string of the molecule is [Cl-].[Cl-].[Ti+2][C]1=NCN1. The minimum atomic E-state index is 0. The van der Waals surface area contributed by atoms with E-state index in [0.717, 1.165) is 10.8 Å². The molecule has 0 aromatic rings. The van der Waals surface area contributed by atoms with Crippen LogP contribution in [0.1, 0.15) is 0 Å². The molecule has 1 rings (SSSR count). The molecule has 39 valence electrons. The number of nitrogens with one attached hydrogen (secondary N) is 1. The average Bonchev–Trinajstić information content (AvgIpc) is 1.30. The molecule has 7 heavy (non-hydrogen) atoms. The van der Waals surface area contributed by atoms with Crippen molar-refractivity contribution >= 4 is 4.14 Å². The molecule has 0 radical (unpaired) electrons. The molecule has 1 N–H and O–H groups in total. The Kier molecular flexibility index (Phi) is 7.50. The normalized spacial score (nSPS) is 13.7. The van der Waals surface area contributed by atoms with Crippen LogP contribution in [0.2, 0.25) is 0 Å². The first-order valence-corrected chi connectivity index (χ1v) is 2.17. The second kappa shape index (κ2) is 4.91. The number of halogens is 2. The molecule has 0 aliphatic carbocycles. The first-order chi connectivity index (χ1) is 2.39. The number of hydrogen-bond acceptors (Lipinski definition) is 2. The van der Waals surface area contributed by atoms with E-state index >= 15 is 0 Å². The zero-order valence-corrected chi connectivity index (χ0v) is 6.48. The van der Waals surface area contributed by atoms with Crippen LogP contribution in [0.15, 0.2) is 4.99 Å². The Morgan fingerprint density at radius 2 is 1.86 bits per heavy atom. The van der Waals surface area contributed by atoms with E-state index in [1.165, 1.54) is 0 Å². The van der Waals surface area contributed by atoms with Gasteiger partial charge in [-0.2, -0.15) is 0 Å². The van der Waals surface area contributed by atoms with Gasteiger partial charge in [-0.1, -0.05) is 0 Å². The van der Waals surface area contributed by atoms with E-state index in [2.05, 4.69) is 10.3 Å². The van der Waals surface area contributed by atoms with E-state index in [9.17, 15) is 0 Å². The summed E-state index contributed by atoms with van der Waals surface area (Å²) in [5.74, 6) is 0. The van der Waals surface area contributed by atoms with Gasteiger partial charge in [0, 0.05) is 0 Å². The monoisotopic (exact) mass is 173 g/mol. The van der Waals surface area contributed by atoms with Crippen LogP contribution in [0.4, 0.5) is 0 Å². The van der Waals surface area contributed by atoms with Crippen molar-refractivity contribution in [1.82, 2.24) is 5.32 Å². The molecular formula is C2H3Cl2N2Ti. The summed E-state index contributed by atoms with van der Waals surface area (Å²) >= 11 is 1.95. The van der Waals surface area contributed by atoms with Crippen LogP contribution in [0, 0.1) is 0 Å². The van der Waals surface area contributed by atoms with Gasteiger partial charge in [0.1, 0.15) is 0 Å². The Morgan fingerprint density at radius 3 is 1.86 bits per heavy atom. The molecule has 0 fully saturated rings. The van der Waals surface area contributed by atoms with Crippen LogP contribution in [0.25, 0.3) is 0 Å². The van der Waals surface area contributed by atoms with Gasteiger partial charge in [-0.15, -0.1) is 0 Å². The average molecular weight is 174 g/mol. The molecule has 0 saturated heterocycles. The predicted octanol–water partition coefficient (Wildman–Crippen LogP) is -6.54. The van der Waals surface area contributed by atoms with Crippen molar-refractivity contribution in [2.24, 2.45) is 4.99 Å². The Morgan fingerprint density at radius 1 is 1.57 bits per heavy atom. The summed E-state index contributed by atoms with van der Waals surface area (Å²) in [4.78, 5) is 3.88. The summed E-state index contributed by atoms with van der Waals surface area (Å²) in [5, 5.41) is 2.96. The van der Waals surface area contributed by atoms with Crippen LogP contribution >= 0.6 is 0 Å². The molecule has 0 saturated carbocycles. The third-order valence-electron chi connectivity index (χ3n) is 0.484. The topological polar surface area (TPSA) is 24.4 Å². The van der Waals surface area contributed by atoms with E-state index in [1.807, 2.05) is 20.4 Å². The maximum absolute atomic E-state index is 3.88. The fourth-order valence-electron chi connectivity index (χ4n) is 0.158. The van der Waals surface area contributed by atoms with Crippen LogP contribution in [0.3, 0.4) is 0 Å². The molecule has 0 atom stereocenters. The molecule has 0 spiro atoms. The number of rotatable bonds is 0. The van der Waals surface area contributed by atoms with Gasteiger partial charge in [0.25, 0.3) is 0 Å². The second-order valence-corrected chi connectivity index (χ2v) is 1.58. The summed E-state index contributed by atoms with van der Waals surface area (Å²) in [7, 11) is 0. The number of aliphatic imine (C=N–C) groups is 1. The fourth-order valence-corrected chi connectivity index (χ4v) is 0.405. The van der Waals surface area contributed by atoms with Gasteiger partial charge in [0.15, 0.2) is 0 Å². The van der Waals surface area contributed by atoms with Crippen LogP contribution in [-0.4, -0.2) is 10.8 Å². The van der Waals surface area contributed by atoms with Crippen molar-refractivity contribution in [2.45, 2.75) is 0 Å². The van der Waals surface area contributed by atoms with Gasteiger partial charge in [0.05, 0.1) is 0 Å². The van der Waals surface area contributed by atoms with Crippen molar-refractivity contribution in [3.05, 3.63) is 0 Å². The molecule has 2 nitrogen and oxygen atoms in total. The first-order valence-electron chi connectivity index (χ1n) is 1.39. The number of amidine groups is 1. The van der Waals surface area contributed by atoms with Gasteiger partial charge < -0.3 is 24.8 Å². The van der Waals surface area contributed by atoms with Gasteiger partial charge in [0.2, 0.25) is 0 Å². The van der Waals surface area contributed by atoms with Gasteiger partial charge in [-0.3, -0.25) is 0 Å². The molecule has 5 heteroatoms. The summed E-state index contributed by atoms with van der Waals surface area (Å²) < 4.78 is 1.06. The summed E-state index contributed by atoms with van der Waals surface area (Å²) in [6.07, 6.45) is 0. The van der Waals surface area contributed by atoms with Crippen molar-refractivity contribution in [3.8, 4) is 0 Å². The fraction of sp³-hybridized carbons (Fsp3) is 0.500. The standard InChI is InChI=1S/C2H3N2.2ClH.Ti/c1-3-2-4-1;;;/h1H2,(H,3,4);2*1H;/q;;;+2/p-2. The Labute approximate surface area is 66.4 Å². The van der Waals surface area contributed by atoms with Crippen molar-refractivity contribution in [1.29, 1.82) is 0 Å². The zero-order valence-electron chi connectivity index (χ0n) is 3.41. The van der Waals surface area contributed by atoms with Gasteiger partial charge in [-0.05, 0) is 0 Å². The Balaban J connectivity index is 0. The molecule has 0 aromatic carbocycles. The second-order valence-electron chi connectivity index (χ2n) is 0.842. The minimum absolute atomic E-state index is 0. The van der Waals surface area contributed by atoms with Crippen LogP contribution in [-0.2, 0) is 20.4 Å². The maximum atomic E-state index is 3.88. The molecular weight excluding hydrogens is 171 g/mol. The molecule has 1 heterocycles. The summed E-state index contributed by atoms with van der Waals surface area (Å²) in [5.41, 5.74) is 0. The Hall–Kier alpha value is 0.764. The third kappa shape index (κ3) is 3.36. The van der Waals surface area contributed by atoms with E-state index in [0.29, 0.717) is 0 Å². The number of nitrogens with zero attached hydrogens (tertiary/aromatic N) is 1. The molecule has 0 amide bonds. The zero-order chi connectivity index (χ0) is 3.70. The summed E-state index contributed by atoms with van der Waals surface area (Å²) in [6.45, 7) is 0.825. The van der Waals surface area contributed by atoms with E-state index in [1.54, 1.807) is 0 Å². The number of hydrogen-bond donors (Lipinski definition) is 1. The van der Waals surface area contributed by atoms with Gasteiger partial charge in [-0.25, -0.2) is 0 Å². The predicted molar refractivity (Wildman–Crippen MR) is 15.4 cm³/mol. The van der Waals surface area contributed by atoms with Crippen molar-refractivity contribution in [3.63, 3.8) is 0 Å². The summed E-state index contributed by atoms with van der Waals surface area (Å²) in [6, 6.07) is 0. The van der Waals surface area contributed by atoms with E-state index in [-0.39, 0.29) is 24.8 Å². The molecule has 0 aromatic heterocycles. The molecule has 0 bridgehead atoms. The molecule has 1 aliphatic heterocycles.